The number of fused-ring (bicyclic) bond motifs is 4. The molecule has 0 fully saturated rings. The van der Waals surface area contributed by atoms with Gasteiger partial charge in [-0.3, -0.25) is 13.8 Å². The fraction of sp³-hybridized carbons (Fsp3) is 0.299. The maximum absolute atomic E-state index is 13.7. The number of aromatic nitrogens is 12. The molecule has 8 aromatic heterocycles. The number of aryl methyl sites for hydroxylation is 4. The first-order valence-electron chi connectivity index (χ1n) is 35.1. The van der Waals surface area contributed by atoms with Crippen LogP contribution >= 0.6 is 11.6 Å². The van der Waals surface area contributed by atoms with Crippen molar-refractivity contribution < 1.29 is 93.8 Å². The summed E-state index contributed by atoms with van der Waals surface area (Å²) in [5, 5.41) is 42.8. The van der Waals surface area contributed by atoms with Crippen LogP contribution in [0.5, 0.6) is 23.0 Å². The summed E-state index contributed by atoms with van der Waals surface area (Å²) in [6.07, 6.45) is -11.8. The molecule has 12 aromatic rings. The number of ether oxygens (including phenoxy) is 4. The molecule has 4 aromatic carbocycles. The first-order valence-corrected chi connectivity index (χ1v) is 37.4. The third-order valence-corrected chi connectivity index (χ3v) is 18.3. The number of hydrogen-bond donors (Lipinski definition) is 2. The molecule has 0 atom stereocenters. The van der Waals surface area contributed by atoms with Gasteiger partial charge in [0.1, 0.15) is 108 Å². The van der Waals surface area contributed by atoms with Crippen LogP contribution in [-0.2, 0) is 76.8 Å². The minimum Gasteiger partial charge on any atom is -0.492 e. The normalized spacial score (nSPS) is 11.6. The monoisotopic (exact) mass is 1710 g/mol. The lowest BCUT2D eigenvalue weighted by atomic mass is 10.1. The Kier molecular flexibility index (Phi) is 29.0. The average molecular weight is 1710 g/mol. The van der Waals surface area contributed by atoms with Crippen LogP contribution < -0.4 is 29.6 Å². The van der Waals surface area contributed by atoms with Crippen molar-refractivity contribution >= 4 is 77.7 Å². The number of halogens is 13. The first kappa shape index (κ1) is 90.7. The van der Waals surface area contributed by atoms with Gasteiger partial charge in [0.25, 0.3) is 10.1 Å². The summed E-state index contributed by atoms with van der Waals surface area (Å²) in [4.78, 5) is 58.9. The van der Waals surface area contributed by atoms with Gasteiger partial charge in [0.05, 0.1) is 118 Å². The molecule has 0 aliphatic rings. The number of hydrogen-bond acceptors (Lipinski definition) is 23. The fourth-order valence-electron chi connectivity index (χ4n) is 11.4. The number of carbonyl (C=O) groups excluding carboxylic acids is 2. The number of nitriles is 4. The van der Waals surface area contributed by atoms with Crippen LogP contribution in [0.3, 0.4) is 0 Å². The zero-order valence-corrected chi connectivity index (χ0v) is 66.2. The summed E-state index contributed by atoms with van der Waals surface area (Å²) in [5.41, 5.74) is 1.60. The molecule has 0 aliphatic carbocycles. The maximum Gasteiger partial charge on any atom is 0.419 e. The van der Waals surface area contributed by atoms with E-state index < -0.39 is 76.0 Å². The number of imidazole rings is 4. The average Bonchev–Trinajstić information content (AvgIpc) is 1.57. The van der Waals surface area contributed by atoms with Crippen molar-refractivity contribution in [1.29, 1.82) is 21.0 Å². The summed E-state index contributed by atoms with van der Waals surface area (Å²) < 4.78 is 217. The van der Waals surface area contributed by atoms with Gasteiger partial charge >= 0.3 is 24.7 Å². The SMILES string of the molecule is CN(CCOc1ccc(-c2cc3c(ncn3C)c(C#N)n2)cc1C(F)(F)F)C(=O)CCl.CNCC(=O)N(C)CCOc1ccc(-c2cc3c(ncn3C)c(C#N)n2)cc1C(F)(F)F.CNCCOc1ccc(-c2cc3c(ncn3C)c(C#N)n2)cc1C(F)(F)F.Cn1cnc2c(C#N)nc(-c3ccc(OCCOS(C)(=O)=O)c(C(F)(F)F)c3)cc21. The molecule has 43 heteroatoms. The summed E-state index contributed by atoms with van der Waals surface area (Å²) >= 11 is 5.45. The molecule has 0 unspecified atom stereocenters. The van der Waals surface area contributed by atoms with Gasteiger partial charge in [0, 0.05) is 71.1 Å². The Morgan fingerprint density at radius 3 is 0.958 bits per heavy atom. The highest BCUT2D eigenvalue weighted by Crippen LogP contribution is 2.44. The van der Waals surface area contributed by atoms with Gasteiger partial charge in [0.15, 0.2) is 22.8 Å². The van der Waals surface area contributed by atoms with Crippen molar-refractivity contribution in [2.75, 3.05) is 99.5 Å². The summed E-state index contributed by atoms with van der Waals surface area (Å²) in [5.74, 6) is -2.23. The van der Waals surface area contributed by atoms with E-state index in [9.17, 15) is 91.7 Å². The molecule has 120 heavy (non-hydrogen) atoms. The van der Waals surface area contributed by atoms with Gasteiger partial charge in [-0.1, -0.05) is 0 Å². The van der Waals surface area contributed by atoms with Crippen molar-refractivity contribution in [2.24, 2.45) is 28.2 Å². The Bertz CT molecular complexity index is 6080. The summed E-state index contributed by atoms with van der Waals surface area (Å²) in [6, 6.07) is 28.3. The van der Waals surface area contributed by atoms with Gasteiger partial charge in [-0.2, -0.15) is 82.2 Å². The number of rotatable bonds is 24. The van der Waals surface area contributed by atoms with Gasteiger partial charge < -0.3 is 57.6 Å². The van der Waals surface area contributed by atoms with Crippen LogP contribution in [0.4, 0.5) is 52.7 Å². The minimum atomic E-state index is -4.74. The minimum absolute atomic E-state index is 0.00471. The number of alkyl halides is 13. The molecule has 0 bridgehead atoms. The second-order valence-electron chi connectivity index (χ2n) is 25.9. The zero-order chi connectivity index (χ0) is 87.9. The second kappa shape index (κ2) is 38.4. The number of benzene rings is 4. The molecule has 8 heterocycles. The maximum atomic E-state index is 13.7. The van der Waals surface area contributed by atoms with Crippen LogP contribution in [-0.4, -0.2) is 188 Å². The molecule has 0 aliphatic heterocycles. The van der Waals surface area contributed by atoms with E-state index in [1.807, 2.05) is 24.3 Å². The highest BCUT2D eigenvalue weighted by Gasteiger charge is 2.39. The van der Waals surface area contributed by atoms with Crippen molar-refractivity contribution in [3.8, 4) is 92.3 Å². The van der Waals surface area contributed by atoms with Crippen LogP contribution in [0.2, 0.25) is 0 Å². The van der Waals surface area contributed by atoms with E-state index in [0.717, 1.165) is 36.6 Å². The second-order valence-corrected chi connectivity index (χ2v) is 27.8. The fourth-order valence-corrected chi connectivity index (χ4v) is 12.0. The van der Waals surface area contributed by atoms with Crippen LogP contribution in [0, 0.1) is 45.3 Å². The number of nitrogens with zero attached hydrogens (tertiary/aromatic N) is 18. The summed E-state index contributed by atoms with van der Waals surface area (Å²) in [6.45, 7) is -0.211. The predicted octanol–water partition coefficient (Wildman–Crippen LogP) is 12.2. The van der Waals surface area contributed by atoms with E-state index in [-0.39, 0.29) is 142 Å². The van der Waals surface area contributed by atoms with E-state index in [0.29, 0.717) is 50.7 Å². The van der Waals surface area contributed by atoms with Gasteiger partial charge in [-0.15, -0.1) is 11.6 Å². The zero-order valence-electron chi connectivity index (χ0n) is 64.7. The molecule has 0 radical (unpaired) electrons. The van der Waals surface area contributed by atoms with Crippen molar-refractivity contribution in [3.05, 3.63) is 167 Å². The molecule has 0 saturated heterocycles. The van der Waals surface area contributed by atoms with E-state index >= 15 is 0 Å². The Morgan fingerprint density at radius 1 is 0.433 bits per heavy atom. The third kappa shape index (κ3) is 22.3. The van der Waals surface area contributed by atoms with E-state index in [1.165, 1.54) is 84.6 Å². The van der Waals surface area contributed by atoms with Crippen molar-refractivity contribution in [3.63, 3.8) is 0 Å². The van der Waals surface area contributed by atoms with Crippen LogP contribution in [0.15, 0.2) is 122 Å². The third-order valence-electron chi connectivity index (χ3n) is 17.5. The molecular weight excluding hydrogens is 1640 g/mol. The Balaban J connectivity index is 0.000000182. The van der Waals surface area contributed by atoms with E-state index in [1.54, 1.807) is 91.9 Å². The molecule has 29 nitrogen and oxygen atoms in total. The van der Waals surface area contributed by atoms with Crippen molar-refractivity contribution in [2.45, 2.75) is 24.7 Å². The number of likely N-dealkylation sites (N-methyl/N-ethyl adjacent to an activating group) is 4. The number of nitrogens with one attached hydrogen (secondary N) is 2. The first-order chi connectivity index (χ1) is 56.6. The highest BCUT2D eigenvalue weighted by atomic mass is 35.5. The Labute approximate surface area is 680 Å². The van der Waals surface area contributed by atoms with Gasteiger partial charge in [-0.25, -0.2) is 39.9 Å². The predicted molar refractivity (Wildman–Crippen MR) is 411 cm³/mol. The number of amides is 2. The van der Waals surface area contributed by atoms with Gasteiger partial charge in [-0.05, 0) is 111 Å². The molecule has 12 rings (SSSR count). The number of carbonyl (C=O) groups is 2. The van der Waals surface area contributed by atoms with Crippen LogP contribution in [0.25, 0.3) is 89.2 Å². The van der Waals surface area contributed by atoms with E-state index in [2.05, 4.69) is 54.7 Å². The van der Waals surface area contributed by atoms with E-state index in [4.69, 9.17) is 30.5 Å². The van der Waals surface area contributed by atoms with Crippen LogP contribution in [0.1, 0.15) is 45.0 Å². The molecule has 2 N–H and O–H groups in total. The lowest BCUT2D eigenvalue weighted by Gasteiger charge is -2.19. The lowest BCUT2D eigenvalue weighted by molar-refractivity contribution is -0.139. The molecule has 0 spiro atoms. The van der Waals surface area contributed by atoms with Crippen molar-refractivity contribution in [1.82, 2.24) is 78.6 Å². The largest absolute Gasteiger partial charge is 0.492 e. The number of pyridine rings is 4. The molecule has 2 amide bonds. The highest BCUT2D eigenvalue weighted by molar-refractivity contribution is 7.86. The standard InChI is InChI=1S/C21H21F3N6O2.C20H17ClF3N5O2.C18H16F3N5O.C18H15F3N4O4S/c1-26-11-19(31)29(2)6-7-32-18-5-4-13(8-14(18)21(22,23)24)15-9-17-20(16(10-25)28-15)27-12-30(17)3;1-28(18(30)9-21)5-6-31-17-4-3-12(7-13(17)20(22,23)24)14-8-16-19(15(10-25)27-14)26-11-29(16)2;1-23-5-6-27-16-4-3-11(7-12(16)18(19,20)21)13-8-15-17(14(9-22)25-13)24-10-26(15)2;1-25-10-23-17-14(9-22)24-13(8-15(17)25)11-3-4-16(12(7-11)18(19,20)21)28-5-6-29-30(2,26)27/h4-5,8-9,12,26H,6-7,11H2,1-3H3;3-4,7-8,11H,5-6,9H2,1-2H3;3-4,7-8,10,23H,5-6H2,1-2H3;3-4,7-8,10H,5-6H2,1-2H3. The molecule has 0 saturated carbocycles. The lowest BCUT2D eigenvalue weighted by Crippen LogP contribution is -2.36. The smallest absolute Gasteiger partial charge is 0.419 e. The quantitative estimate of drug-likeness (QED) is 0.0245. The topological polar surface area (TPSA) is 363 Å². The molecule has 628 valence electrons. The Hall–Kier alpha value is -13.3. The Morgan fingerprint density at radius 2 is 0.708 bits per heavy atom. The molecular formula is C77H69ClF12N20O9S. The van der Waals surface area contributed by atoms with Gasteiger partial charge in [0.2, 0.25) is 11.8 Å². The summed E-state index contributed by atoms with van der Waals surface area (Å²) in [7, 11) is 9.47.